The fourth-order valence-electron chi connectivity index (χ4n) is 1.11. The quantitative estimate of drug-likeness (QED) is 0.624. The van der Waals surface area contributed by atoms with Crippen LogP contribution in [0.1, 0.15) is 6.92 Å². The summed E-state index contributed by atoms with van der Waals surface area (Å²) in [5, 5.41) is 21.4. The highest BCUT2D eigenvalue weighted by atomic mass is 35.5. The molecular formula is C9H10ClN3O5. The Labute approximate surface area is 107 Å². The number of nitrogens with one attached hydrogen (secondary N) is 1. The minimum Gasteiger partial charge on any atom is -0.471 e. The number of halogens is 1. The van der Waals surface area contributed by atoms with Gasteiger partial charge in [-0.25, -0.2) is 9.78 Å². The maximum absolute atomic E-state index is 10.7. The first-order chi connectivity index (χ1) is 8.40. The predicted molar refractivity (Wildman–Crippen MR) is 62.0 cm³/mol. The first-order valence-corrected chi connectivity index (χ1v) is 5.20. The highest BCUT2D eigenvalue weighted by Gasteiger charge is 2.18. The number of pyridine rings is 1. The lowest BCUT2D eigenvalue weighted by Gasteiger charge is -2.12. The van der Waals surface area contributed by atoms with E-state index in [1.165, 1.54) is 6.20 Å². The molecule has 1 atom stereocenters. The SMILES string of the molecule is CC(COc1ncc(Cl)cc1[N+](=O)[O-])NC(=O)O. The third kappa shape index (κ3) is 4.06. The molecular weight excluding hydrogens is 266 g/mol. The standard InChI is InChI=1S/C9H10ClN3O5/c1-5(12-9(14)15)4-18-8-7(13(16)17)2-6(10)3-11-8/h2-3,5,12H,4H2,1H3,(H,14,15). The number of rotatable bonds is 5. The molecule has 0 fully saturated rings. The van der Waals surface area contributed by atoms with E-state index in [0.717, 1.165) is 6.07 Å². The summed E-state index contributed by atoms with van der Waals surface area (Å²) < 4.78 is 5.08. The van der Waals surface area contributed by atoms with Gasteiger partial charge in [-0.1, -0.05) is 11.6 Å². The van der Waals surface area contributed by atoms with Crippen molar-refractivity contribution in [1.29, 1.82) is 0 Å². The van der Waals surface area contributed by atoms with Crippen molar-refractivity contribution >= 4 is 23.4 Å². The largest absolute Gasteiger partial charge is 0.471 e. The second-order valence-corrected chi connectivity index (χ2v) is 3.83. The molecule has 0 aromatic carbocycles. The highest BCUT2D eigenvalue weighted by molar-refractivity contribution is 6.30. The number of carboxylic acid groups (broad SMARTS) is 1. The molecule has 1 rings (SSSR count). The molecule has 8 nitrogen and oxygen atoms in total. The number of aromatic nitrogens is 1. The van der Waals surface area contributed by atoms with Crippen molar-refractivity contribution < 1.29 is 19.6 Å². The number of amides is 1. The fraction of sp³-hybridized carbons (Fsp3) is 0.333. The summed E-state index contributed by atoms with van der Waals surface area (Å²) in [5.74, 6) is -0.205. The van der Waals surface area contributed by atoms with Gasteiger partial charge in [-0.15, -0.1) is 0 Å². The monoisotopic (exact) mass is 275 g/mol. The highest BCUT2D eigenvalue weighted by Crippen LogP contribution is 2.26. The summed E-state index contributed by atoms with van der Waals surface area (Å²) >= 11 is 5.58. The van der Waals surface area contributed by atoms with Crippen LogP contribution in [0.2, 0.25) is 5.02 Å². The molecule has 0 aliphatic rings. The summed E-state index contributed by atoms with van der Waals surface area (Å²) in [5.41, 5.74) is -0.370. The van der Waals surface area contributed by atoms with Gasteiger partial charge in [0.25, 0.3) is 5.88 Å². The van der Waals surface area contributed by atoms with E-state index in [4.69, 9.17) is 21.4 Å². The van der Waals surface area contributed by atoms with Crippen molar-refractivity contribution in [3.8, 4) is 5.88 Å². The van der Waals surface area contributed by atoms with Crippen LogP contribution in [0.15, 0.2) is 12.3 Å². The van der Waals surface area contributed by atoms with E-state index in [9.17, 15) is 14.9 Å². The number of hydrogen-bond acceptors (Lipinski definition) is 5. The van der Waals surface area contributed by atoms with Gasteiger partial charge in [-0.3, -0.25) is 10.1 Å². The van der Waals surface area contributed by atoms with Crippen LogP contribution >= 0.6 is 11.6 Å². The van der Waals surface area contributed by atoms with Crippen LogP contribution in [0.3, 0.4) is 0 Å². The average molecular weight is 276 g/mol. The zero-order chi connectivity index (χ0) is 13.7. The van der Waals surface area contributed by atoms with E-state index in [2.05, 4.69) is 10.3 Å². The van der Waals surface area contributed by atoms with E-state index < -0.39 is 17.1 Å². The molecule has 98 valence electrons. The van der Waals surface area contributed by atoms with E-state index >= 15 is 0 Å². The Bertz CT molecular complexity index is 468. The van der Waals surface area contributed by atoms with Gasteiger partial charge < -0.3 is 15.2 Å². The second kappa shape index (κ2) is 6.01. The second-order valence-electron chi connectivity index (χ2n) is 3.40. The van der Waals surface area contributed by atoms with Crippen molar-refractivity contribution in [2.45, 2.75) is 13.0 Å². The van der Waals surface area contributed by atoms with E-state index in [-0.39, 0.29) is 23.2 Å². The van der Waals surface area contributed by atoms with Crippen molar-refractivity contribution in [2.75, 3.05) is 6.61 Å². The van der Waals surface area contributed by atoms with Gasteiger partial charge in [-0.2, -0.15) is 0 Å². The summed E-state index contributed by atoms with van der Waals surface area (Å²) in [4.78, 5) is 24.0. The smallest absolute Gasteiger partial charge is 0.404 e. The molecule has 0 aliphatic carbocycles. The van der Waals surface area contributed by atoms with Gasteiger partial charge in [0.1, 0.15) is 6.61 Å². The maximum atomic E-state index is 10.7. The van der Waals surface area contributed by atoms with Crippen molar-refractivity contribution in [3.05, 3.63) is 27.4 Å². The van der Waals surface area contributed by atoms with E-state index in [0.29, 0.717) is 0 Å². The number of hydrogen-bond donors (Lipinski definition) is 2. The van der Waals surface area contributed by atoms with Gasteiger partial charge in [0.15, 0.2) is 0 Å². The molecule has 1 aromatic heterocycles. The summed E-state index contributed by atoms with van der Waals surface area (Å²) in [6, 6.07) is 0.582. The Morgan fingerprint density at radius 1 is 1.78 bits per heavy atom. The van der Waals surface area contributed by atoms with E-state index in [1.807, 2.05) is 0 Å². The van der Waals surface area contributed by atoms with Crippen LogP contribution in [-0.4, -0.2) is 33.8 Å². The number of carbonyl (C=O) groups is 1. The summed E-state index contributed by atoms with van der Waals surface area (Å²) in [6.45, 7) is 1.47. The molecule has 0 aliphatic heterocycles. The van der Waals surface area contributed by atoms with Gasteiger partial charge >= 0.3 is 11.8 Å². The van der Waals surface area contributed by atoms with Crippen LogP contribution < -0.4 is 10.1 Å². The molecule has 1 aromatic rings. The van der Waals surface area contributed by atoms with Crippen molar-refractivity contribution in [1.82, 2.24) is 10.3 Å². The molecule has 18 heavy (non-hydrogen) atoms. The predicted octanol–water partition coefficient (Wildman–Crippen LogP) is 1.68. The van der Waals surface area contributed by atoms with Crippen LogP contribution in [0.5, 0.6) is 5.88 Å². The Morgan fingerprint density at radius 2 is 2.44 bits per heavy atom. The molecule has 0 saturated heterocycles. The van der Waals surface area contributed by atoms with Gasteiger partial charge in [-0.05, 0) is 6.92 Å². The first-order valence-electron chi connectivity index (χ1n) is 4.82. The number of nitrogens with zero attached hydrogens (tertiary/aromatic N) is 2. The first kappa shape index (κ1) is 14.0. The van der Waals surface area contributed by atoms with Crippen LogP contribution in [0.4, 0.5) is 10.5 Å². The van der Waals surface area contributed by atoms with Gasteiger partial charge in [0, 0.05) is 6.07 Å². The molecule has 1 heterocycles. The minimum atomic E-state index is -1.20. The zero-order valence-corrected chi connectivity index (χ0v) is 10.0. The average Bonchev–Trinajstić information content (AvgIpc) is 2.26. The lowest BCUT2D eigenvalue weighted by molar-refractivity contribution is -0.386. The third-order valence-corrected chi connectivity index (χ3v) is 2.04. The molecule has 0 bridgehead atoms. The van der Waals surface area contributed by atoms with Gasteiger partial charge in [0.05, 0.1) is 22.2 Å². The molecule has 1 amide bonds. The minimum absolute atomic E-state index is 0.0816. The topological polar surface area (TPSA) is 115 Å². The Hall–Kier alpha value is -2.09. The Balaban J connectivity index is 2.72. The lowest BCUT2D eigenvalue weighted by Crippen LogP contribution is -2.35. The van der Waals surface area contributed by atoms with Crippen LogP contribution in [-0.2, 0) is 0 Å². The van der Waals surface area contributed by atoms with E-state index in [1.54, 1.807) is 6.92 Å². The molecule has 0 spiro atoms. The summed E-state index contributed by atoms with van der Waals surface area (Å²) in [7, 11) is 0. The molecule has 2 N–H and O–H groups in total. The number of nitro groups is 1. The molecule has 0 saturated carbocycles. The van der Waals surface area contributed by atoms with Crippen molar-refractivity contribution in [3.63, 3.8) is 0 Å². The normalized spacial score (nSPS) is 11.7. The Morgan fingerprint density at radius 3 is 3.00 bits per heavy atom. The van der Waals surface area contributed by atoms with Crippen LogP contribution in [0, 0.1) is 10.1 Å². The third-order valence-electron chi connectivity index (χ3n) is 1.84. The molecule has 1 unspecified atom stereocenters. The zero-order valence-electron chi connectivity index (χ0n) is 9.29. The number of ether oxygens (including phenoxy) is 1. The lowest BCUT2D eigenvalue weighted by atomic mass is 10.3. The Kier molecular flexibility index (Phi) is 4.67. The van der Waals surface area contributed by atoms with Crippen LogP contribution in [0.25, 0.3) is 0 Å². The maximum Gasteiger partial charge on any atom is 0.404 e. The summed E-state index contributed by atoms with van der Waals surface area (Å²) in [6.07, 6.45) is 0.00351. The van der Waals surface area contributed by atoms with Gasteiger partial charge in [0.2, 0.25) is 0 Å². The van der Waals surface area contributed by atoms with Crippen molar-refractivity contribution in [2.24, 2.45) is 0 Å². The fourth-order valence-corrected chi connectivity index (χ4v) is 1.27. The molecule has 0 radical (unpaired) electrons. The molecule has 9 heteroatoms.